The molecule has 0 unspecified atom stereocenters. The summed E-state index contributed by atoms with van der Waals surface area (Å²) in [5.41, 5.74) is 3.15. The molecule has 31 heavy (non-hydrogen) atoms. The van der Waals surface area contributed by atoms with E-state index in [9.17, 15) is 18.4 Å². The van der Waals surface area contributed by atoms with Crippen molar-refractivity contribution >= 4 is 23.2 Å². The maximum absolute atomic E-state index is 13.7. The van der Waals surface area contributed by atoms with E-state index in [2.05, 4.69) is 10.3 Å². The van der Waals surface area contributed by atoms with Crippen molar-refractivity contribution in [1.82, 2.24) is 4.98 Å². The highest BCUT2D eigenvalue weighted by Crippen LogP contribution is 2.38. The molecule has 158 valence electrons. The number of rotatable bonds is 4. The van der Waals surface area contributed by atoms with Gasteiger partial charge in [0.05, 0.1) is 18.1 Å². The van der Waals surface area contributed by atoms with Crippen LogP contribution in [-0.4, -0.2) is 30.5 Å². The predicted octanol–water partition coefficient (Wildman–Crippen LogP) is 4.20. The van der Waals surface area contributed by atoms with E-state index < -0.39 is 23.2 Å². The minimum absolute atomic E-state index is 0.00841. The number of fused-ring (bicyclic) bond motifs is 1. The smallest absolute Gasteiger partial charge is 0.264 e. The zero-order valence-corrected chi connectivity index (χ0v) is 16.9. The van der Waals surface area contributed by atoms with Gasteiger partial charge in [0.1, 0.15) is 11.4 Å². The van der Waals surface area contributed by atoms with Gasteiger partial charge in [-0.15, -0.1) is 0 Å². The van der Waals surface area contributed by atoms with Gasteiger partial charge in [-0.2, -0.15) is 0 Å². The fraction of sp³-hybridized carbons (Fsp3) is 0.174. The van der Waals surface area contributed by atoms with Crippen molar-refractivity contribution in [3.8, 4) is 16.9 Å². The zero-order valence-electron chi connectivity index (χ0n) is 16.9. The normalized spacial score (nSPS) is 12.9. The third kappa shape index (κ3) is 3.84. The minimum Gasteiger partial charge on any atom is -0.482 e. The number of aromatic nitrogens is 1. The van der Waals surface area contributed by atoms with E-state index in [0.717, 1.165) is 35.5 Å². The Hall–Kier alpha value is -3.81. The standard InChI is InChI=1S/C23H19F2N3O3/c1-3-13-8-20-19(28(2)21(29)12-31-20)9-16(13)14-4-6-15(7-5-14)23(30)27-22-17(24)10-26-11-18(22)25/h4-11H,3,12H2,1-2H3,(H,26,27,30). The van der Waals surface area contributed by atoms with Crippen LogP contribution in [0.2, 0.25) is 0 Å². The number of carbonyl (C=O) groups is 2. The molecule has 6 nitrogen and oxygen atoms in total. The Bertz CT molecular complexity index is 1160. The number of benzene rings is 2. The lowest BCUT2D eigenvalue weighted by Gasteiger charge is -2.27. The zero-order chi connectivity index (χ0) is 22.1. The van der Waals surface area contributed by atoms with Crippen molar-refractivity contribution in [3.63, 3.8) is 0 Å². The molecule has 0 saturated heterocycles. The van der Waals surface area contributed by atoms with Crippen LogP contribution in [0.5, 0.6) is 5.75 Å². The Morgan fingerprint density at radius 1 is 1.16 bits per heavy atom. The molecule has 0 spiro atoms. The Balaban J connectivity index is 1.64. The molecule has 0 radical (unpaired) electrons. The molecule has 1 N–H and O–H groups in total. The molecular formula is C23H19F2N3O3. The van der Waals surface area contributed by atoms with Crippen LogP contribution >= 0.6 is 0 Å². The van der Waals surface area contributed by atoms with Crippen molar-refractivity contribution in [2.45, 2.75) is 13.3 Å². The third-order valence-corrected chi connectivity index (χ3v) is 5.20. The molecule has 0 atom stereocenters. The number of carbonyl (C=O) groups excluding carboxylic acids is 2. The first-order valence-corrected chi connectivity index (χ1v) is 9.66. The van der Waals surface area contributed by atoms with Gasteiger partial charge >= 0.3 is 0 Å². The van der Waals surface area contributed by atoms with E-state index in [1.54, 1.807) is 36.2 Å². The molecule has 0 fully saturated rings. The summed E-state index contributed by atoms with van der Waals surface area (Å²) >= 11 is 0. The molecule has 0 aliphatic carbocycles. The number of amides is 2. The first-order valence-electron chi connectivity index (χ1n) is 9.66. The van der Waals surface area contributed by atoms with Gasteiger partial charge in [0.2, 0.25) is 0 Å². The number of pyridine rings is 1. The van der Waals surface area contributed by atoms with Crippen molar-refractivity contribution in [2.75, 3.05) is 23.9 Å². The van der Waals surface area contributed by atoms with Crippen molar-refractivity contribution < 1.29 is 23.1 Å². The Kier molecular flexibility index (Phi) is 5.37. The summed E-state index contributed by atoms with van der Waals surface area (Å²) in [6.07, 6.45) is 2.40. The maximum atomic E-state index is 13.7. The number of anilines is 2. The number of likely N-dealkylation sites (N-methyl/N-ethyl adjacent to an activating group) is 1. The molecular weight excluding hydrogens is 404 g/mol. The summed E-state index contributed by atoms with van der Waals surface area (Å²) in [4.78, 5) is 29.4. The third-order valence-electron chi connectivity index (χ3n) is 5.20. The second-order valence-electron chi connectivity index (χ2n) is 7.08. The molecule has 2 aromatic carbocycles. The summed E-state index contributed by atoms with van der Waals surface area (Å²) < 4.78 is 33.0. The van der Waals surface area contributed by atoms with E-state index in [1.807, 2.05) is 19.1 Å². The molecule has 1 aromatic heterocycles. The molecule has 0 saturated carbocycles. The monoisotopic (exact) mass is 423 g/mol. The van der Waals surface area contributed by atoms with Gasteiger partial charge in [0.25, 0.3) is 11.8 Å². The van der Waals surface area contributed by atoms with Gasteiger partial charge in [0, 0.05) is 12.6 Å². The summed E-state index contributed by atoms with van der Waals surface area (Å²) in [5.74, 6) is -2.03. The van der Waals surface area contributed by atoms with E-state index in [-0.39, 0.29) is 18.1 Å². The van der Waals surface area contributed by atoms with E-state index in [4.69, 9.17) is 4.74 Å². The topological polar surface area (TPSA) is 71.5 Å². The molecule has 8 heteroatoms. The molecule has 1 aliphatic rings. The number of hydrogen-bond donors (Lipinski definition) is 1. The Morgan fingerprint density at radius 3 is 2.48 bits per heavy atom. The van der Waals surface area contributed by atoms with Crippen LogP contribution in [0.1, 0.15) is 22.8 Å². The first-order chi connectivity index (χ1) is 14.9. The van der Waals surface area contributed by atoms with Crippen LogP contribution in [-0.2, 0) is 11.2 Å². The molecule has 4 rings (SSSR count). The second-order valence-corrected chi connectivity index (χ2v) is 7.08. The van der Waals surface area contributed by atoms with Gasteiger partial charge in [0.15, 0.2) is 18.2 Å². The number of aryl methyl sites for hydroxylation is 1. The number of ether oxygens (including phenoxy) is 1. The Labute approximate surface area is 177 Å². The van der Waals surface area contributed by atoms with E-state index >= 15 is 0 Å². The average molecular weight is 423 g/mol. The first kappa shape index (κ1) is 20.5. The average Bonchev–Trinajstić information content (AvgIpc) is 2.78. The van der Waals surface area contributed by atoms with E-state index in [0.29, 0.717) is 11.4 Å². The summed E-state index contributed by atoms with van der Waals surface area (Å²) in [5, 5.41) is 2.24. The summed E-state index contributed by atoms with van der Waals surface area (Å²) in [6, 6.07) is 10.5. The van der Waals surface area contributed by atoms with Gasteiger partial charge in [-0.25, -0.2) is 8.78 Å². The van der Waals surface area contributed by atoms with Crippen LogP contribution in [0.15, 0.2) is 48.8 Å². The maximum Gasteiger partial charge on any atom is 0.264 e. The molecule has 3 aromatic rings. The highest BCUT2D eigenvalue weighted by atomic mass is 19.1. The number of nitrogens with one attached hydrogen (secondary N) is 1. The van der Waals surface area contributed by atoms with E-state index in [1.165, 1.54) is 0 Å². The lowest BCUT2D eigenvalue weighted by molar-refractivity contribution is -0.120. The van der Waals surface area contributed by atoms with Gasteiger partial charge in [-0.05, 0) is 47.4 Å². The van der Waals surface area contributed by atoms with Gasteiger partial charge in [-0.3, -0.25) is 14.6 Å². The highest BCUT2D eigenvalue weighted by Gasteiger charge is 2.24. The molecule has 1 aliphatic heterocycles. The lowest BCUT2D eigenvalue weighted by Crippen LogP contribution is -2.35. The molecule has 2 heterocycles. The second kappa shape index (κ2) is 8.14. The fourth-order valence-corrected chi connectivity index (χ4v) is 3.44. The molecule has 0 bridgehead atoms. The number of nitrogens with zero attached hydrogens (tertiary/aromatic N) is 2. The van der Waals surface area contributed by atoms with Crippen LogP contribution < -0.4 is 15.0 Å². The summed E-state index contributed by atoms with van der Waals surface area (Å²) in [6.45, 7) is 2.02. The predicted molar refractivity (Wildman–Crippen MR) is 112 cm³/mol. The van der Waals surface area contributed by atoms with Crippen LogP contribution in [0.25, 0.3) is 11.1 Å². The van der Waals surface area contributed by atoms with Crippen molar-refractivity contribution in [2.24, 2.45) is 0 Å². The highest BCUT2D eigenvalue weighted by molar-refractivity contribution is 6.04. The Morgan fingerprint density at radius 2 is 1.84 bits per heavy atom. The van der Waals surface area contributed by atoms with Gasteiger partial charge < -0.3 is 15.0 Å². The van der Waals surface area contributed by atoms with Crippen molar-refractivity contribution in [1.29, 1.82) is 0 Å². The van der Waals surface area contributed by atoms with Crippen LogP contribution in [0.4, 0.5) is 20.2 Å². The van der Waals surface area contributed by atoms with Crippen molar-refractivity contribution in [3.05, 3.63) is 71.6 Å². The van der Waals surface area contributed by atoms with Gasteiger partial charge in [-0.1, -0.05) is 19.1 Å². The summed E-state index contributed by atoms with van der Waals surface area (Å²) in [7, 11) is 1.70. The fourth-order valence-electron chi connectivity index (χ4n) is 3.44. The minimum atomic E-state index is -0.951. The SMILES string of the molecule is CCc1cc2c(cc1-c1ccc(C(=O)Nc3c(F)cncc3F)cc1)N(C)C(=O)CO2. The number of halogens is 2. The van der Waals surface area contributed by atoms with Crippen LogP contribution in [0.3, 0.4) is 0 Å². The molecule has 2 amide bonds. The largest absolute Gasteiger partial charge is 0.482 e. The lowest BCUT2D eigenvalue weighted by atomic mass is 9.95. The van der Waals surface area contributed by atoms with Crippen LogP contribution in [0, 0.1) is 11.6 Å². The number of hydrogen-bond acceptors (Lipinski definition) is 4. The quantitative estimate of drug-likeness (QED) is 0.683.